The van der Waals surface area contributed by atoms with Crippen LogP contribution in [0.4, 0.5) is 5.95 Å². The van der Waals surface area contributed by atoms with E-state index in [2.05, 4.69) is 30.8 Å². The molecule has 1 amide bonds. The van der Waals surface area contributed by atoms with Gasteiger partial charge in [-0.25, -0.2) is 14.6 Å². The van der Waals surface area contributed by atoms with Crippen molar-refractivity contribution < 1.29 is 9.53 Å². The lowest BCUT2D eigenvalue weighted by Gasteiger charge is -2.23. The van der Waals surface area contributed by atoms with E-state index in [1.165, 1.54) is 0 Å². The zero-order valence-corrected chi connectivity index (χ0v) is 20.7. The van der Waals surface area contributed by atoms with E-state index in [9.17, 15) is 4.79 Å². The van der Waals surface area contributed by atoms with Crippen LogP contribution in [0.3, 0.4) is 0 Å². The molecule has 0 atom stereocenters. The van der Waals surface area contributed by atoms with Gasteiger partial charge in [-0.1, -0.05) is 35.9 Å². The van der Waals surface area contributed by atoms with Crippen molar-refractivity contribution >= 4 is 23.5 Å². The van der Waals surface area contributed by atoms with Crippen molar-refractivity contribution in [3.8, 4) is 16.9 Å². The summed E-state index contributed by atoms with van der Waals surface area (Å²) in [4.78, 5) is 24.1. The third-order valence-corrected chi connectivity index (χ3v) is 6.87. The number of halogens is 1. The molecule has 1 radical (unpaired) electrons. The van der Waals surface area contributed by atoms with Crippen LogP contribution in [0.25, 0.3) is 16.9 Å². The maximum Gasteiger partial charge on any atom is 0.254 e. The van der Waals surface area contributed by atoms with Crippen molar-refractivity contribution in [3.05, 3.63) is 83.1 Å². The van der Waals surface area contributed by atoms with Gasteiger partial charge in [0.15, 0.2) is 0 Å². The molecule has 2 aliphatic rings. The summed E-state index contributed by atoms with van der Waals surface area (Å²) in [7, 11) is 0. The first-order valence-corrected chi connectivity index (χ1v) is 12.5. The highest BCUT2D eigenvalue weighted by molar-refractivity contribution is 6.33. The number of nitrogens with zero attached hydrogens (tertiary/aromatic N) is 7. The molecule has 6 rings (SSSR count). The lowest BCUT2D eigenvalue weighted by atomic mass is 10.0. The Kier molecular flexibility index (Phi) is 6.50. The van der Waals surface area contributed by atoms with Crippen LogP contribution >= 0.6 is 11.6 Å². The SMILES string of the molecule is O=C1c2cc(-c3nc(NC4CCOCC4)ncc3Cl)ccc2CN1C[CH]c1cccc(-n2cnnn2)c1. The molecular formula is C26H24ClN8O2. The number of rotatable bonds is 7. The molecule has 0 bridgehead atoms. The highest BCUT2D eigenvalue weighted by Gasteiger charge is 2.28. The molecule has 1 N–H and O–H groups in total. The van der Waals surface area contributed by atoms with Crippen molar-refractivity contribution in [1.29, 1.82) is 0 Å². The van der Waals surface area contributed by atoms with E-state index in [-0.39, 0.29) is 11.9 Å². The van der Waals surface area contributed by atoms with Gasteiger partial charge in [0.05, 0.1) is 22.6 Å². The second kappa shape index (κ2) is 10.2. The minimum atomic E-state index is -0.0181. The van der Waals surface area contributed by atoms with Gasteiger partial charge in [-0.3, -0.25) is 4.79 Å². The smallest absolute Gasteiger partial charge is 0.254 e. The van der Waals surface area contributed by atoms with Crippen molar-refractivity contribution in [1.82, 2.24) is 35.1 Å². The molecule has 0 aliphatic carbocycles. The summed E-state index contributed by atoms with van der Waals surface area (Å²) in [6.45, 7) is 2.48. The number of ether oxygens (including phenoxy) is 1. The maximum absolute atomic E-state index is 13.3. The fraction of sp³-hybridized carbons (Fsp3) is 0.269. The average molecular weight is 516 g/mol. The fourth-order valence-corrected chi connectivity index (χ4v) is 4.81. The van der Waals surface area contributed by atoms with E-state index in [0.717, 1.165) is 48.4 Å². The number of aromatic nitrogens is 6. The van der Waals surface area contributed by atoms with E-state index in [1.807, 2.05) is 53.8 Å². The van der Waals surface area contributed by atoms with E-state index < -0.39 is 0 Å². The van der Waals surface area contributed by atoms with Gasteiger partial charge in [0.2, 0.25) is 5.95 Å². The van der Waals surface area contributed by atoms with E-state index in [1.54, 1.807) is 17.2 Å². The quantitative estimate of drug-likeness (QED) is 0.397. The van der Waals surface area contributed by atoms with Gasteiger partial charge >= 0.3 is 0 Å². The van der Waals surface area contributed by atoms with Crippen LogP contribution in [0.1, 0.15) is 34.3 Å². The monoisotopic (exact) mass is 515 g/mol. The molecule has 2 aliphatic heterocycles. The second-order valence-corrected chi connectivity index (χ2v) is 9.44. The Balaban J connectivity index is 1.16. The van der Waals surface area contributed by atoms with Crippen molar-refractivity contribution in [2.24, 2.45) is 0 Å². The predicted octanol–water partition coefficient (Wildman–Crippen LogP) is 3.57. The summed E-state index contributed by atoms with van der Waals surface area (Å²) in [6, 6.07) is 13.9. The predicted molar refractivity (Wildman–Crippen MR) is 137 cm³/mol. The maximum atomic E-state index is 13.3. The van der Waals surface area contributed by atoms with Crippen LogP contribution in [0.2, 0.25) is 5.02 Å². The number of nitrogens with one attached hydrogen (secondary N) is 1. The molecule has 0 unspecified atom stereocenters. The number of tetrazole rings is 1. The third kappa shape index (κ3) is 5.03. The average Bonchev–Trinajstić information content (AvgIpc) is 3.58. The van der Waals surface area contributed by atoms with Crippen LogP contribution in [0, 0.1) is 6.42 Å². The number of carbonyl (C=O) groups is 1. The summed E-state index contributed by atoms with van der Waals surface area (Å²) in [5, 5.41) is 15.1. The van der Waals surface area contributed by atoms with E-state index in [0.29, 0.717) is 35.3 Å². The van der Waals surface area contributed by atoms with Gasteiger partial charge in [-0.15, -0.1) is 5.10 Å². The molecule has 1 fully saturated rings. The largest absolute Gasteiger partial charge is 0.381 e. The standard InChI is InChI=1S/C26H24ClN8O2/c27-23-14-28-26(30-20-7-10-37-11-8-20)31-24(23)18-4-5-19-15-34(25(36)22(19)13-18)9-6-17-2-1-3-21(12-17)35-16-29-32-33-35/h1-6,12-14,16,20H,7-11,15H2,(H,28,30,31). The van der Waals surface area contributed by atoms with Gasteiger partial charge in [-0.2, -0.15) is 0 Å². The number of fused-ring (bicyclic) bond motifs is 1. The van der Waals surface area contributed by atoms with E-state index >= 15 is 0 Å². The molecule has 1 saturated heterocycles. The van der Waals surface area contributed by atoms with Crippen LogP contribution in [0.5, 0.6) is 0 Å². The Morgan fingerprint density at radius 1 is 1.16 bits per heavy atom. The molecule has 0 spiro atoms. The van der Waals surface area contributed by atoms with Crippen LogP contribution in [-0.4, -0.2) is 66.8 Å². The number of hydrogen-bond acceptors (Lipinski definition) is 8. The lowest BCUT2D eigenvalue weighted by Crippen LogP contribution is -2.28. The number of hydrogen-bond donors (Lipinski definition) is 1. The van der Waals surface area contributed by atoms with Gasteiger partial charge in [-0.05, 0) is 52.6 Å². The molecule has 11 heteroatoms. The number of amides is 1. The molecule has 0 saturated carbocycles. The Labute approximate surface area is 218 Å². The minimum Gasteiger partial charge on any atom is -0.381 e. The molecule has 2 aromatic carbocycles. The van der Waals surface area contributed by atoms with Gasteiger partial charge in [0, 0.05) is 49.9 Å². The molecule has 4 aromatic rings. The van der Waals surface area contributed by atoms with Gasteiger partial charge in [0.25, 0.3) is 5.91 Å². The Hall–Kier alpha value is -3.89. The van der Waals surface area contributed by atoms with Crippen molar-refractivity contribution in [2.75, 3.05) is 25.1 Å². The van der Waals surface area contributed by atoms with Crippen molar-refractivity contribution in [3.63, 3.8) is 0 Å². The minimum absolute atomic E-state index is 0.0181. The third-order valence-electron chi connectivity index (χ3n) is 6.59. The van der Waals surface area contributed by atoms with Gasteiger partial charge in [0.1, 0.15) is 6.33 Å². The molecule has 2 aromatic heterocycles. The van der Waals surface area contributed by atoms with Crippen molar-refractivity contribution in [2.45, 2.75) is 25.4 Å². The Morgan fingerprint density at radius 2 is 2.05 bits per heavy atom. The number of benzene rings is 2. The summed E-state index contributed by atoms with van der Waals surface area (Å²) >= 11 is 6.47. The zero-order chi connectivity index (χ0) is 25.2. The molecule has 187 valence electrons. The molecule has 4 heterocycles. The first kappa shape index (κ1) is 23.5. The highest BCUT2D eigenvalue weighted by Crippen LogP contribution is 2.32. The fourth-order valence-electron chi connectivity index (χ4n) is 4.61. The lowest BCUT2D eigenvalue weighted by molar-refractivity contribution is 0.0792. The van der Waals surface area contributed by atoms with Crippen LogP contribution in [-0.2, 0) is 11.3 Å². The topological polar surface area (TPSA) is 111 Å². The first-order valence-electron chi connectivity index (χ1n) is 12.1. The summed E-state index contributed by atoms with van der Waals surface area (Å²) in [5.74, 6) is 0.508. The van der Waals surface area contributed by atoms with Crippen LogP contribution in [0.15, 0.2) is 55.0 Å². The zero-order valence-electron chi connectivity index (χ0n) is 19.9. The molecule has 10 nitrogen and oxygen atoms in total. The molecular weight excluding hydrogens is 492 g/mol. The molecule has 37 heavy (non-hydrogen) atoms. The summed E-state index contributed by atoms with van der Waals surface area (Å²) in [5.41, 5.74) is 4.87. The summed E-state index contributed by atoms with van der Waals surface area (Å²) in [6.07, 6.45) is 6.98. The number of carbonyl (C=O) groups excluding carboxylic acids is 1. The number of anilines is 1. The van der Waals surface area contributed by atoms with E-state index in [4.69, 9.17) is 16.3 Å². The first-order chi connectivity index (χ1) is 18.1. The second-order valence-electron chi connectivity index (χ2n) is 9.03. The Morgan fingerprint density at radius 3 is 2.89 bits per heavy atom. The van der Waals surface area contributed by atoms with Crippen LogP contribution < -0.4 is 5.32 Å². The Bertz CT molecular complexity index is 1420. The summed E-state index contributed by atoms with van der Waals surface area (Å²) < 4.78 is 7.02. The normalized spacial score (nSPS) is 15.7. The highest BCUT2D eigenvalue weighted by atomic mass is 35.5. The van der Waals surface area contributed by atoms with Gasteiger partial charge < -0.3 is 15.0 Å².